The first-order valence-electron chi connectivity index (χ1n) is 11.7. The number of esters is 1. The summed E-state index contributed by atoms with van der Waals surface area (Å²) in [6, 6.07) is 6.57. The molecule has 1 N–H and O–H groups in total. The second-order valence-electron chi connectivity index (χ2n) is 9.67. The Labute approximate surface area is 192 Å². The fraction of sp³-hybridized carbons (Fsp3) is 0.640. The molecular weight excluding hydrogens is 410 g/mol. The van der Waals surface area contributed by atoms with Gasteiger partial charge in [0.05, 0.1) is 30.9 Å². The number of methoxy groups -OCH3 is 1. The van der Waals surface area contributed by atoms with Crippen LogP contribution in [0.1, 0.15) is 65.1 Å². The second kappa shape index (κ2) is 10.7. The predicted molar refractivity (Wildman–Crippen MR) is 130 cm³/mol. The van der Waals surface area contributed by atoms with Crippen LogP contribution in [-0.2, 0) is 9.53 Å². The first kappa shape index (κ1) is 23.9. The SMILES string of the molecule is COC(=O)CN1CCCC1c1cc2cc(Cl)cc(N(CCC(C)C)CCC(C)C)c2[nH]1. The molecule has 0 bridgehead atoms. The van der Waals surface area contributed by atoms with E-state index in [9.17, 15) is 4.79 Å². The summed E-state index contributed by atoms with van der Waals surface area (Å²) in [7, 11) is 1.45. The third kappa shape index (κ3) is 6.17. The van der Waals surface area contributed by atoms with Crippen LogP contribution in [-0.4, -0.2) is 49.1 Å². The Balaban J connectivity index is 1.94. The molecule has 1 aliphatic rings. The molecule has 1 aromatic carbocycles. The van der Waals surface area contributed by atoms with Gasteiger partial charge in [-0.25, -0.2) is 0 Å². The molecule has 0 saturated carbocycles. The molecule has 1 aliphatic heterocycles. The molecular formula is C25H38ClN3O2. The number of carbonyl (C=O) groups is 1. The molecule has 1 saturated heterocycles. The van der Waals surface area contributed by atoms with Crippen molar-refractivity contribution in [2.24, 2.45) is 11.8 Å². The molecule has 2 aromatic rings. The maximum Gasteiger partial charge on any atom is 0.319 e. The van der Waals surface area contributed by atoms with Gasteiger partial charge in [-0.3, -0.25) is 9.69 Å². The number of hydrogen-bond acceptors (Lipinski definition) is 4. The van der Waals surface area contributed by atoms with E-state index in [-0.39, 0.29) is 12.0 Å². The Morgan fingerprint density at radius 1 is 1.19 bits per heavy atom. The van der Waals surface area contributed by atoms with Crippen molar-refractivity contribution in [3.8, 4) is 0 Å². The molecule has 0 radical (unpaired) electrons. The van der Waals surface area contributed by atoms with Gasteiger partial charge in [-0.1, -0.05) is 39.3 Å². The number of aromatic amines is 1. The predicted octanol–water partition coefficient (Wildman–Crippen LogP) is 6.03. The van der Waals surface area contributed by atoms with Gasteiger partial charge in [0.1, 0.15) is 0 Å². The molecule has 0 amide bonds. The Morgan fingerprint density at radius 2 is 1.87 bits per heavy atom. The summed E-state index contributed by atoms with van der Waals surface area (Å²) in [6.45, 7) is 12.4. The Bertz CT molecular complexity index is 865. The summed E-state index contributed by atoms with van der Waals surface area (Å²) in [5.41, 5.74) is 3.50. The highest BCUT2D eigenvalue weighted by atomic mass is 35.5. The fourth-order valence-corrected chi connectivity index (χ4v) is 4.64. The van der Waals surface area contributed by atoms with E-state index in [1.54, 1.807) is 0 Å². The van der Waals surface area contributed by atoms with Crippen molar-refractivity contribution < 1.29 is 9.53 Å². The molecule has 5 nitrogen and oxygen atoms in total. The quantitative estimate of drug-likeness (QED) is 0.451. The topological polar surface area (TPSA) is 48.6 Å². The molecule has 0 spiro atoms. The number of halogens is 1. The van der Waals surface area contributed by atoms with Crippen LogP contribution in [0.15, 0.2) is 18.2 Å². The van der Waals surface area contributed by atoms with Crippen LogP contribution in [0, 0.1) is 11.8 Å². The molecule has 31 heavy (non-hydrogen) atoms. The van der Waals surface area contributed by atoms with Gasteiger partial charge in [0.25, 0.3) is 0 Å². The Kier molecular flexibility index (Phi) is 8.29. The van der Waals surface area contributed by atoms with E-state index in [4.69, 9.17) is 16.3 Å². The highest BCUT2D eigenvalue weighted by molar-refractivity contribution is 6.32. The van der Waals surface area contributed by atoms with Crippen LogP contribution < -0.4 is 4.90 Å². The molecule has 172 valence electrons. The lowest BCUT2D eigenvalue weighted by Gasteiger charge is -2.27. The second-order valence-corrected chi connectivity index (χ2v) is 10.1. The monoisotopic (exact) mass is 447 g/mol. The normalized spacial score (nSPS) is 17.2. The van der Waals surface area contributed by atoms with E-state index < -0.39 is 0 Å². The minimum Gasteiger partial charge on any atom is -0.468 e. The molecule has 2 heterocycles. The zero-order valence-corrected chi connectivity index (χ0v) is 20.5. The van der Waals surface area contributed by atoms with Gasteiger partial charge in [-0.2, -0.15) is 0 Å². The summed E-state index contributed by atoms with van der Waals surface area (Å²) in [4.78, 5) is 20.3. The number of anilines is 1. The largest absolute Gasteiger partial charge is 0.468 e. The molecule has 0 aliphatic carbocycles. The van der Waals surface area contributed by atoms with Gasteiger partial charge >= 0.3 is 5.97 Å². The maximum atomic E-state index is 11.9. The summed E-state index contributed by atoms with van der Waals surface area (Å²) in [6.07, 6.45) is 4.42. The van der Waals surface area contributed by atoms with E-state index in [0.717, 1.165) is 66.9 Å². The van der Waals surface area contributed by atoms with Crippen molar-refractivity contribution >= 4 is 34.2 Å². The van der Waals surface area contributed by atoms with E-state index in [1.165, 1.54) is 12.8 Å². The average molecular weight is 448 g/mol. The minimum atomic E-state index is -0.180. The van der Waals surface area contributed by atoms with E-state index >= 15 is 0 Å². The van der Waals surface area contributed by atoms with Crippen molar-refractivity contribution in [2.75, 3.05) is 38.2 Å². The summed E-state index contributed by atoms with van der Waals surface area (Å²) >= 11 is 6.57. The number of fused-ring (bicyclic) bond motifs is 1. The first-order valence-corrected chi connectivity index (χ1v) is 12.0. The van der Waals surface area contributed by atoms with Crippen molar-refractivity contribution in [1.29, 1.82) is 0 Å². The fourth-order valence-electron chi connectivity index (χ4n) is 4.42. The third-order valence-corrected chi connectivity index (χ3v) is 6.49. The molecule has 6 heteroatoms. The van der Waals surface area contributed by atoms with Gasteiger partial charge in [0.15, 0.2) is 0 Å². The van der Waals surface area contributed by atoms with E-state index in [1.807, 2.05) is 6.07 Å². The van der Waals surface area contributed by atoms with Gasteiger partial charge < -0.3 is 14.6 Å². The zero-order chi connectivity index (χ0) is 22.5. The Hall–Kier alpha value is -1.72. The average Bonchev–Trinajstić information content (AvgIpc) is 3.33. The van der Waals surface area contributed by atoms with Crippen molar-refractivity contribution in [3.63, 3.8) is 0 Å². The molecule has 3 rings (SSSR count). The number of benzene rings is 1. The number of carbonyl (C=O) groups excluding carboxylic acids is 1. The highest BCUT2D eigenvalue weighted by Crippen LogP contribution is 2.37. The minimum absolute atomic E-state index is 0.180. The standard InChI is InChI=1S/C25H38ClN3O2/c1-17(2)8-11-28(12-9-18(3)4)23-15-20(26)13-19-14-21(27-25(19)23)22-7-6-10-29(22)16-24(30)31-5/h13-15,17-18,22,27H,6-12,16H2,1-5H3. The van der Waals surface area contributed by atoms with Crippen molar-refractivity contribution in [2.45, 2.75) is 59.4 Å². The van der Waals surface area contributed by atoms with Gasteiger partial charge in [0, 0.05) is 29.2 Å². The smallest absolute Gasteiger partial charge is 0.319 e. The number of H-pyrrole nitrogens is 1. The first-order chi connectivity index (χ1) is 14.8. The van der Waals surface area contributed by atoms with Crippen molar-refractivity contribution in [3.05, 3.63) is 28.9 Å². The van der Waals surface area contributed by atoms with Crippen LogP contribution >= 0.6 is 11.6 Å². The van der Waals surface area contributed by atoms with E-state index in [0.29, 0.717) is 18.4 Å². The summed E-state index contributed by atoms with van der Waals surface area (Å²) < 4.78 is 4.90. The van der Waals surface area contributed by atoms with Crippen LogP contribution in [0.5, 0.6) is 0 Å². The number of aromatic nitrogens is 1. The lowest BCUT2D eigenvalue weighted by Crippen LogP contribution is -2.30. The number of nitrogens with zero attached hydrogens (tertiary/aromatic N) is 2. The van der Waals surface area contributed by atoms with Crippen LogP contribution in [0.3, 0.4) is 0 Å². The van der Waals surface area contributed by atoms with Crippen LogP contribution in [0.4, 0.5) is 5.69 Å². The molecule has 1 unspecified atom stereocenters. The lowest BCUT2D eigenvalue weighted by atomic mass is 10.1. The lowest BCUT2D eigenvalue weighted by molar-refractivity contribution is -0.142. The highest BCUT2D eigenvalue weighted by Gasteiger charge is 2.29. The number of nitrogens with one attached hydrogen (secondary N) is 1. The Morgan fingerprint density at radius 3 is 2.48 bits per heavy atom. The number of hydrogen-bond donors (Lipinski definition) is 1. The maximum absolute atomic E-state index is 11.9. The van der Waals surface area contributed by atoms with Gasteiger partial charge in [-0.15, -0.1) is 0 Å². The molecule has 1 atom stereocenters. The summed E-state index contributed by atoms with van der Waals surface area (Å²) in [5, 5.41) is 1.91. The van der Waals surface area contributed by atoms with E-state index in [2.05, 4.69) is 54.6 Å². The molecule has 1 fully saturated rings. The molecule has 1 aromatic heterocycles. The number of likely N-dealkylation sites (tertiary alicyclic amines) is 1. The number of rotatable bonds is 10. The zero-order valence-electron chi connectivity index (χ0n) is 19.7. The van der Waals surface area contributed by atoms with Gasteiger partial charge in [-0.05, 0) is 62.3 Å². The van der Waals surface area contributed by atoms with Gasteiger partial charge in [0.2, 0.25) is 0 Å². The summed E-state index contributed by atoms with van der Waals surface area (Å²) in [5.74, 6) is 1.13. The van der Waals surface area contributed by atoms with Crippen LogP contribution in [0.2, 0.25) is 5.02 Å². The van der Waals surface area contributed by atoms with Crippen LogP contribution in [0.25, 0.3) is 10.9 Å². The number of ether oxygens (including phenoxy) is 1. The third-order valence-electron chi connectivity index (χ3n) is 6.27. The van der Waals surface area contributed by atoms with Crippen molar-refractivity contribution in [1.82, 2.24) is 9.88 Å².